The summed E-state index contributed by atoms with van der Waals surface area (Å²) in [5.41, 5.74) is 7.84. The van der Waals surface area contributed by atoms with Gasteiger partial charge in [-0.05, 0) is 18.8 Å². The van der Waals surface area contributed by atoms with E-state index in [2.05, 4.69) is 35.8 Å². The third kappa shape index (κ3) is 2.94. The molecule has 1 aromatic rings. The predicted molar refractivity (Wildman–Crippen MR) is 70.0 cm³/mol. The number of aromatic nitrogens is 2. The van der Waals surface area contributed by atoms with E-state index in [4.69, 9.17) is 5.73 Å². The molecule has 0 unspecified atom stereocenters. The van der Waals surface area contributed by atoms with Gasteiger partial charge in [-0.25, -0.2) is 9.97 Å². The van der Waals surface area contributed by atoms with Gasteiger partial charge < -0.3 is 10.6 Å². The van der Waals surface area contributed by atoms with Crippen LogP contribution in [0.4, 0.5) is 5.69 Å². The largest absolute Gasteiger partial charge is 0.372 e. The van der Waals surface area contributed by atoms with Crippen molar-refractivity contribution in [3.8, 4) is 0 Å². The molecular formula is C13H22N4. The van der Waals surface area contributed by atoms with Crippen molar-refractivity contribution in [1.82, 2.24) is 9.97 Å². The van der Waals surface area contributed by atoms with Crippen LogP contribution in [0.5, 0.6) is 0 Å². The van der Waals surface area contributed by atoms with Gasteiger partial charge in [0.2, 0.25) is 0 Å². The van der Waals surface area contributed by atoms with Crippen LogP contribution in [0, 0.1) is 5.92 Å². The van der Waals surface area contributed by atoms with E-state index in [9.17, 15) is 0 Å². The molecule has 1 aliphatic carbocycles. The first-order chi connectivity index (χ1) is 8.11. The van der Waals surface area contributed by atoms with E-state index in [0.717, 1.165) is 29.7 Å². The number of hydrogen-bond donors (Lipinski definition) is 1. The number of nitrogens with two attached hydrogens (primary N) is 1. The standard InChI is InChI=1S/C13H22N4/c1-9(2)13-15-7-12(11(6-14)16-13)17(3)8-10-4-5-10/h7,9-10H,4-6,8,14H2,1-3H3. The number of hydrogen-bond acceptors (Lipinski definition) is 4. The third-order valence-electron chi connectivity index (χ3n) is 3.21. The molecule has 1 aromatic heterocycles. The molecule has 1 heterocycles. The molecule has 0 atom stereocenters. The van der Waals surface area contributed by atoms with Crippen molar-refractivity contribution >= 4 is 5.69 Å². The molecule has 0 aliphatic heterocycles. The van der Waals surface area contributed by atoms with Crippen LogP contribution in [0.2, 0.25) is 0 Å². The normalized spacial score (nSPS) is 15.4. The van der Waals surface area contributed by atoms with E-state index in [1.54, 1.807) is 0 Å². The first-order valence-corrected chi connectivity index (χ1v) is 6.38. The summed E-state index contributed by atoms with van der Waals surface area (Å²) in [7, 11) is 2.10. The fourth-order valence-electron chi connectivity index (χ4n) is 1.96. The Morgan fingerprint density at radius 1 is 1.47 bits per heavy atom. The fourth-order valence-corrected chi connectivity index (χ4v) is 1.96. The van der Waals surface area contributed by atoms with Gasteiger partial charge in [0, 0.05) is 26.1 Å². The molecule has 17 heavy (non-hydrogen) atoms. The molecule has 1 aliphatic rings. The zero-order valence-electron chi connectivity index (χ0n) is 11.0. The molecule has 0 spiro atoms. The monoisotopic (exact) mass is 234 g/mol. The number of nitrogens with zero attached hydrogens (tertiary/aromatic N) is 3. The third-order valence-corrected chi connectivity index (χ3v) is 3.21. The van der Waals surface area contributed by atoms with Crippen molar-refractivity contribution < 1.29 is 0 Å². The molecule has 0 saturated heterocycles. The summed E-state index contributed by atoms with van der Waals surface area (Å²) in [4.78, 5) is 11.2. The molecule has 1 saturated carbocycles. The Hall–Kier alpha value is -1.16. The lowest BCUT2D eigenvalue weighted by molar-refractivity contribution is 0.736. The Balaban J connectivity index is 2.19. The molecule has 4 nitrogen and oxygen atoms in total. The minimum atomic E-state index is 0.350. The Bertz CT molecular complexity index is 385. The molecule has 0 radical (unpaired) electrons. The lowest BCUT2D eigenvalue weighted by atomic mass is 10.2. The van der Waals surface area contributed by atoms with E-state index in [1.165, 1.54) is 12.8 Å². The van der Waals surface area contributed by atoms with Crippen LogP contribution in [0.25, 0.3) is 0 Å². The highest BCUT2D eigenvalue weighted by Crippen LogP contribution is 2.31. The van der Waals surface area contributed by atoms with Crippen LogP contribution in [-0.4, -0.2) is 23.6 Å². The quantitative estimate of drug-likeness (QED) is 0.845. The summed E-state index contributed by atoms with van der Waals surface area (Å²) >= 11 is 0. The maximum atomic E-state index is 5.79. The Labute approximate surface area is 103 Å². The number of anilines is 1. The van der Waals surface area contributed by atoms with Gasteiger partial charge in [0.05, 0.1) is 17.6 Å². The second-order valence-electron chi connectivity index (χ2n) is 5.24. The van der Waals surface area contributed by atoms with Gasteiger partial charge in [-0.2, -0.15) is 0 Å². The maximum Gasteiger partial charge on any atom is 0.131 e. The Morgan fingerprint density at radius 3 is 2.71 bits per heavy atom. The second-order valence-corrected chi connectivity index (χ2v) is 5.24. The zero-order valence-corrected chi connectivity index (χ0v) is 11.0. The minimum Gasteiger partial charge on any atom is -0.372 e. The van der Waals surface area contributed by atoms with Gasteiger partial charge in [0.25, 0.3) is 0 Å². The van der Waals surface area contributed by atoms with Crippen molar-refractivity contribution in [1.29, 1.82) is 0 Å². The summed E-state index contributed by atoms with van der Waals surface area (Å²) < 4.78 is 0. The smallest absolute Gasteiger partial charge is 0.131 e. The van der Waals surface area contributed by atoms with E-state index in [1.807, 2.05) is 6.20 Å². The van der Waals surface area contributed by atoms with Gasteiger partial charge >= 0.3 is 0 Å². The first kappa shape index (κ1) is 12.3. The second kappa shape index (κ2) is 5.00. The summed E-state index contributed by atoms with van der Waals surface area (Å²) in [5.74, 6) is 2.09. The van der Waals surface area contributed by atoms with Crippen LogP contribution in [0.3, 0.4) is 0 Å². The molecule has 4 heteroatoms. The van der Waals surface area contributed by atoms with Gasteiger partial charge in [-0.1, -0.05) is 13.8 Å². The highest BCUT2D eigenvalue weighted by atomic mass is 15.1. The highest BCUT2D eigenvalue weighted by Gasteiger charge is 2.24. The molecule has 2 rings (SSSR count). The topological polar surface area (TPSA) is 55.0 Å². The molecule has 2 N–H and O–H groups in total. The Kier molecular flexibility index (Phi) is 3.62. The predicted octanol–water partition coefficient (Wildman–Crippen LogP) is 1.90. The van der Waals surface area contributed by atoms with E-state index in [-0.39, 0.29) is 0 Å². The molecule has 0 bridgehead atoms. The molecule has 94 valence electrons. The molecule has 0 aromatic carbocycles. The summed E-state index contributed by atoms with van der Waals surface area (Å²) in [6.45, 7) is 5.77. The van der Waals surface area contributed by atoms with E-state index < -0.39 is 0 Å². The SMILES string of the molecule is CC(C)c1ncc(N(C)CC2CC2)c(CN)n1. The number of rotatable bonds is 5. The van der Waals surface area contributed by atoms with Crippen molar-refractivity contribution in [2.75, 3.05) is 18.5 Å². The average molecular weight is 234 g/mol. The van der Waals surface area contributed by atoms with Gasteiger partial charge in [-0.3, -0.25) is 0 Å². The van der Waals surface area contributed by atoms with Gasteiger partial charge in [-0.15, -0.1) is 0 Å². The van der Waals surface area contributed by atoms with E-state index in [0.29, 0.717) is 12.5 Å². The lowest BCUT2D eigenvalue weighted by Crippen LogP contribution is -2.23. The molecule has 0 amide bonds. The maximum absolute atomic E-state index is 5.79. The van der Waals surface area contributed by atoms with Gasteiger partial charge in [0.1, 0.15) is 5.82 Å². The highest BCUT2D eigenvalue weighted by molar-refractivity contribution is 5.48. The van der Waals surface area contributed by atoms with Gasteiger partial charge in [0.15, 0.2) is 0 Å². The molecular weight excluding hydrogens is 212 g/mol. The summed E-state index contributed by atoms with van der Waals surface area (Å²) in [6.07, 6.45) is 4.63. The van der Waals surface area contributed by atoms with Crippen LogP contribution in [-0.2, 0) is 6.54 Å². The summed E-state index contributed by atoms with van der Waals surface area (Å²) in [6, 6.07) is 0. The van der Waals surface area contributed by atoms with Crippen molar-refractivity contribution in [3.63, 3.8) is 0 Å². The van der Waals surface area contributed by atoms with Crippen LogP contribution >= 0.6 is 0 Å². The average Bonchev–Trinajstić information content (AvgIpc) is 3.11. The van der Waals surface area contributed by atoms with Crippen molar-refractivity contribution in [3.05, 3.63) is 17.7 Å². The van der Waals surface area contributed by atoms with Crippen LogP contribution < -0.4 is 10.6 Å². The van der Waals surface area contributed by atoms with Crippen molar-refractivity contribution in [2.45, 2.75) is 39.2 Å². The lowest BCUT2D eigenvalue weighted by Gasteiger charge is -2.21. The molecule has 1 fully saturated rings. The zero-order chi connectivity index (χ0) is 12.4. The minimum absolute atomic E-state index is 0.350. The Morgan fingerprint density at radius 2 is 2.18 bits per heavy atom. The van der Waals surface area contributed by atoms with E-state index >= 15 is 0 Å². The van der Waals surface area contributed by atoms with Crippen LogP contribution in [0.1, 0.15) is 44.1 Å². The van der Waals surface area contributed by atoms with Crippen molar-refractivity contribution in [2.24, 2.45) is 11.7 Å². The fraction of sp³-hybridized carbons (Fsp3) is 0.692. The van der Waals surface area contributed by atoms with Crippen LogP contribution in [0.15, 0.2) is 6.20 Å². The first-order valence-electron chi connectivity index (χ1n) is 6.38. The summed E-state index contributed by atoms with van der Waals surface area (Å²) in [5, 5.41) is 0.